The first-order valence-corrected chi connectivity index (χ1v) is 8.07. The largest absolute Gasteiger partial charge is 0.508 e. The number of carboxylic acids is 2. The lowest BCUT2D eigenvalue weighted by molar-refractivity contribution is -0.145. The molecule has 9 nitrogen and oxygen atoms in total. The van der Waals surface area contributed by atoms with Crippen molar-refractivity contribution < 1.29 is 39.2 Å². The monoisotopic (exact) mass is 387 g/mol. The van der Waals surface area contributed by atoms with E-state index in [0.29, 0.717) is 0 Å². The third kappa shape index (κ3) is 5.84. The lowest BCUT2D eigenvalue weighted by Gasteiger charge is -2.13. The summed E-state index contributed by atoms with van der Waals surface area (Å²) >= 11 is 0. The van der Waals surface area contributed by atoms with E-state index in [1.165, 1.54) is 0 Å². The van der Waals surface area contributed by atoms with Gasteiger partial charge in [0, 0.05) is 5.56 Å². The van der Waals surface area contributed by atoms with Crippen LogP contribution in [0.1, 0.15) is 32.7 Å². The first kappa shape index (κ1) is 20.4. The maximum atomic E-state index is 12.2. The molecule has 0 aromatic heterocycles. The molecule has 0 aliphatic heterocycles. The molecule has 1 atom stereocenters. The van der Waals surface area contributed by atoms with Gasteiger partial charge in [-0.3, -0.25) is 9.59 Å². The minimum atomic E-state index is -1.67. The average Bonchev–Trinajstić information content (AvgIpc) is 2.65. The zero-order chi connectivity index (χ0) is 20.7. The van der Waals surface area contributed by atoms with Crippen molar-refractivity contribution in [3.05, 3.63) is 65.2 Å². The Morgan fingerprint density at radius 3 is 2.21 bits per heavy atom. The Labute approximate surface area is 159 Å². The Hall–Kier alpha value is -3.88. The van der Waals surface area contributed by atoms with Crippen molar-refractivity contribution in [2.75, 3.05) is 0 Å². The first-order chi connectivity index (χ1) is 13.3. The van der Waals surface area contributed by atoms with Gasteiger partial charge in [-0.05, 0) is 23.8 Å². The number of carbonyl (C=O) groups is 4. The molecule has 0 saturated heterocycles. The highest BCUT2D eigenvalue weighted by molar-refractivity contribution is 6.00. The fourth-order valence-electron chi connectivity index (χ4n) is 2.28. The van der Waals surface area contributed by atoms with Crippen LogP contribution in [0.4, 0.5) is 0 Å². The van der Waals surface area contributed by atoms with Crippen LogP contribution in [0.15, 0.2) is 48.5 Å². The second-order valence-electron chi connectivity index (χ2n) is 5.79. The number of phenols is 1. The zero-order valence-electron chi connectivity index (χ0n) is 14.5. The van der Waals surface area contributed by atoms with E-state index in [-0.39, 0.29) is 17.7 Å². The normalized spacial score (nSPS) is 11.3. The molecule has 0 radical (unpaired) electrons. The Bertz CT molecular complexity index is 894. The van der Waals surface area contributed by atoms with Crippen molar-refractivity contribution in [1.82, 2.24) is 5.32 Å². The Balaban J connectivity index is 2.12. The lowest BCUT2D eigenvalue weighted by atomic mass is 10.1. The van der Waals surface area contributed by atoms with Crippen molar-refractivity contribution in [2.24, 2.45) is 0 Å². The minimum Gasteiger partial charge on any atom is -0.508 e. The molecule has 2 aromatic carbocycles. The van der Waals surface area contributed by atoms with Crippen LogP contribution in [-0.2, 0) is 20.9 Å². The van der Waals surface area contributed by atoms with Gasteiger partial charge < -0.3 is 25.4 Å². The highest BCUT2D eigenvalue weighted by Crippen LogP contribution is 2.18. The van der Waals surface area contributed by atoms with Gasteiger partial charge in [0.2, 0.25) is 0 Å². The van der Waals surface area contributed by atoms with Gasteiger partial charge in [-0.15, -0.1) is 0 Å². The van der Waals surface area contributed by atoms with Crippen LogP contribution in [0.3, 0.4) is 0 Å². The second kappa shape index (κ2) is 9.17. The van der Waals surface area contributed by atoms with Crippen molar-refractivity contribution in [1.29, 1.82) is 0 Å². The molecule has 0 aliphatic rings. The maximum Gasteiger partial charge on any atom is 0.338 e. The molecule has 4 N–H and O–H groups in total. The number of hydrogen-bond acceptors (Lipinski definition) is 6. The molecule has 0 heterocycles. The van der Waals surface area contributed by atoms with Gasteiger partial charge >= 0.3 is 17.9 Å². The summed E-state index contributed by atoms with van der Waals surface area (Å²) < 4.78 is 5.12. The molecule has 0 saturated carbocycles. The molecule has 2 rings (SSSR count). The highest BCUT2D eigenvalue weighted by Gasteiger charge is 2.24. The predicted octanol–water partition coefficient (Wildman–Crippen LogP) is 1.41. The summed E-state index contributed by atoms with van der Waals surface area (Å²) in [6.07, 6.45) is -0.828. The van der Waals surface area contributed by atoms with E-state index in [2.05, 4.69) is 0 Å². The number of carbonyl (C=O) groups excluding carboxylic acids is 2. The van der Waals surface area contributed by atoms with Gasteiger partial charge in [0.05, 0.1) is 12.0 Å². The molecule has 9 heteroatoms. The number of aromatic hydroxyl groups is 1. The van der Waals surface area contributed by atoms with Crippen molar-refractivity contribution >= 4 is 23.8 Å². The number of aliphatic carboxylic acids is 2. The molecule has 0 bridgehead atoms. The number of amides is 1. The molecule has 0 unspecified atom stereocenters. The molecule has 0 fully saturated rings. The van der Waals surface area contributed by atoms with E-state index in [4.69, 9.17) is 14.9 Å². The summed E-state index contributed by atoms with van der Waals surface area (Å²) in [6, 6.07) is 10.4. The number of carboxylic acid groups (broad SMARTS) is 2. The number of phenolic OH excluding ortho intramolecular Hbond substituents is 1. The molecule has 28 heavy (non-hydrogen) atoms. The quantitative estimate of drug-likeness (QED) is 0.497. The average molecular weight is 387 g/mol. The second-order valence-corrected chi connectivity index (χ2v) is 5.79. The minimum absolute atomic E-state index is 0.0173. The third-order valence-electron chi connectivity index (χ3n) is 3.61. The molecule has 0 spiro atoms. The number of esters is 1. The number of ether oxygens (including phenoxy) is 1. The zero-order valence-corrected chi connectivity index (χ0v) is 14.5. The van der Waals surface area contributed by atoms with Crippen LogP contribution >= 0.6 is 0 Å². The van der Waals surface area contributed by atoms with Crippen LogP contribution in [0.25, 0.3) is 0 Å². The first-order valence-electron chi connectivity index (χ1n) is 8.07. The van der Waals surface area contributed by atoms with Gasteiger partial charge in [-0.1, -0.05) is 30.3 Å². The fraction of sp³-hybridized carbons (Fsp3) is 0.158. The molecular formula is C19H17NO8. The van der Waals surface area contributed by atoms with E-state index in [9.17, 15) is 24.3 Å². The van der Waals surface area contributed by atoms with Gasteiger partial charge in [0.25, 0.3) is 5.91 Å². The van der Waals surface area contributed by atoms with Crippen LogP contribution in [-0.4, -0.2) is 45.2 Å². The Morgan fingerprint density at radius 1 is 0.964 bits per heavy atom. The predicted molar refractivity (Wildman–Crippen MR) is 94.8 cm³/mol. The summed E-state index contributed by atoms with van der Waals surface area (Å²) in [5.74, 6) is -5.10. The van der Waals surface area contributed by atoms with Crippen LogP contribution in [0.5, 0.6) is 5.75 Å². The summed E-state index contributed by atoms with van der Waals surface area (Å²) in [7, 11) is 0. The highest BCUT2D eigenvalue weighted by atomic mass is 16.5. The number of hydrogen-bond donors (Lipinski definition) is 4. The summed E-state index contributed by atoms with van der Waals surface area (Å²) in [4.78, 5) is 46.2. The smallest absolute Gasteiger partial charge is 0.338 e. The fourth-order valence-corrected chi connectivity index (χ4v) is 2.28. The summed E-state index contributed by atoms with van der Waals surface area (Å²) in [5.41, 5.74) is 0.404. The lowest BCUT2D eigenvalue weighted by Crippen LogP contribution is -2.42. The maximum absolute atomic E-state index is 12.2. The Morgan fingerprint density at radius 2 is 1.61 bits per heavy atom. The van der Waals surface area contributed by atoms with Crippen LogP contribution < -0.4 is 5.32 Å². The molecule has 146 valence electrons. The molecule has 0 aliphatic carbocycles. The summed E-state index contributed by atoms with van der Waals surface area (Å²) in [5, 5.41) is 29.5. The van der Waals surface area contributed by atoms with Gasteiger partial charge in [-0.25, -0.2) is 9.59 Å². The summed E-state index contributed by atoms with van der Waals surface area (Å²) in [6.45, 7) is -0.0173. The van der Waals surface area contributed by atoms with Crippen molar-refractivity contribution in [3.8, 4) is 5.75 Å². The molecular weight excluding hydrogens is 370 g/mol. The van der Waals surface area contributed by atoms with Crippen LogP contribution in [0, 0.1) is 0 Å². The molecule has 1 amide bonds. The van der Waals surface area contributed by atoms with Crippen molar-refractivity contribution in [3.63, 3.8) is 0 Å². The molecule has 2 aromatic rings. The SMILES string of the molecule is O=C(O)C[C@H](NC(=O)c1cc(O)cc(C(=O)OCc2ccccc2)c1)C(=O)O. The van der Waals surface area contributed by atoms with E-state index in [1.807, 2.05) is 5.32 Å². The van der Waals surface area contributed by atoms with Crippen molar-refractivity contribution in [2.45, 2.75) is 19.1 Å². The van der Waals surface area contributed by atoms with E-state index in [0.717, 1.165) is 23.8 Å². The van der Waals surface area contributed by atoms with Crippen LogP contribution in [0.2, 0.25) is 0 Å². The Kier molecular flexibility index (Phi) is 6.69. The van der Waals surface area contributed by atoms with Gasteiger partial charge in [0.15, 0.2) is 0 Å². The van der Waals surface area contributed by atoms with E-state index >= 15 is 0 Å². The third-order valence-corrected chi connectivity index (χ3v) is 3.61. The van der Waals surface area contributed by atoms with E-state index in [1.54, 1.807) is 30.3 Å². The number of rotatable bonds is 8. The topological polar surface area (TPSA) is 150 Å². The standard InChI is InChI=1S/C19H17NO8/c21-14-7-12(17(24)20-15(18(25)26)9-16(22)23)6-13(8-14)19(27)28-10-11-4-2-1-3-5-11/h1-8,15,21H,9-10H2,(H,20,24)(H,22,23)(H,25,26)/t15-/m0/s1. The van der Waals surface area contributed by atoms with Gasteiger partial charge in [-0.2, -0.15) is 0 Å². The number of benzene rings is 2. The van der Waals surface area contributed by atoms with E-state index < -0.39 is 42.0 Å². The van der Waals surface area contributed by atoms with Gasteiger partial charge in [0.1, 0.15) is 18.4 Å². The number of nitrogens with one attached hydrogen (secondary N) is 1.